The summed E-state index contributed by atoms with van der Waals surface area (Å²) >= 11 is 1.87. The van der Waals surface area contributed by atoms with Gasteiger partial charge in [0.05, 0.1) is 12.8 Å². The van der Waals surface area contributed by atoms with Crippen LogP contribution in [0.5, 0.6) is 5.75 Å². The molecule has 0 unspecified atom stereocenters. The second-order valence-electron chi connectivity index (χ2n) is 18.4. The van der Waals surface area contributed by atoms with Crippen LogP contribution in [-0.4, -0.2) is 7.11 Å². The highest BCUT2D eigenvalue weighted by atomic mass is 32.1. The summed E-state index contributed by atoms with van der Waals surface area (Å²) in [6, 6.07) is 99.0. The highest BCUT2D eigenvalue weighted by Gasteiger charge is 2.25. The van der Waals surface area contributed by atoms with Gasteiger partial charge in [0.15, 0.2) is 0 Å². The van der Waals surface area contributed by atoms with Crippen molar-refractivity contribution in [3.63, 3.8) is 0 Å². The van der Waals surface area contributed by atoms with Gasteiger partial charge in [-0.2, -0.15) is 0 Å². The fraction of sp³-hybridized carbons (Fsp3) is 0.0145. The molecule has 0 spiro atoms. The van der Waals surface area contributed by atoms with Crippen molar-refractivity contribution in [2.75, 3.05) is 16.9 Å². The van der Waals surface area contributed by atoms with E-state index in [4.69, 9.17) is 4.74 Å². The fourth-order valence-electron chi connectivity index (χ4n) is 10.6. The molecule has 13 aromatic rings. The second-order valence-corrected chi connectivity index (χ2v) is 19.5. The molecule has 0 radical (unpaired) electrons. The monoisotopic (exact) mass is 952 g/mol. The Morgan fingerprint density at radius 2 is 0.658 bits per heavy atom. The maximum absolute atomic E-state index is 5.88. The molecule has 0 amide bonds. The SMILES string of the molecule is COc1ccc(N(c2ccc(-c3sc(-c4ccc(N(c5ccc6ccccc6c5)c5ccc6ccccc6c5)cc4)c(-c4ccccc4)c3-c3ccccc3)cc2)c2ccc3ccccc3c2)c2ccccc12. The van der Waals surface area contributed by atoms with Gasteiger partial charge in [-0.05, 0) is 127 Å². The number of thiophene rings is 1. The molecule has 0 aliphatic carbocycles. The zero-order valence-electron chi connectivity index (χ0n) is 40.2. The molecule has 1 heterocycles. The minimum atomic E-state index is 0.853. The van der Waals surface area contributed by atoms with Crippen LogP contribution >= 0.6 is 11.3 Å². The summed E-state index contributed by atoms with van der Waals surface area (Å²) < 4.78 is 5.88. The van der Waals surface area contributed by atoms with Crippen molar-refractivity contribution in [1.82, 2.24) is 0 Å². The number of hydrogen-bond acceptors (Lipinski definition) is 4. The Morgan fingerprint density at radius 1 is 0.288 bits per heavy atom. The van der Waals surface area contributed by atoms with Crippen molar-refractivity contribution >= 4 is 88.6 Å². The molecule has 346 valence electrons. The minimum absolute atomic E-state index is 0.853. The number of nitrogens with zero attached hydrogens (tertiary/aromatic N) is 2. The number of methoxy groups -OCH3 is 1. The van der Waals surface area contributed by atoms with Crippen LogP contribution < -0.4 is 14.5 Å². The molecule has 3 nitrogen and oxygen atoms in total. The van der Waals surface area contributed by atoms with Crippen molar-refractivity contribution in [3.05, 3.63) is 273 Å². The van der Waals surface area contributed by atoms with Gasteiger partial charge in [-0.15, -0.1) is 11.3 Å². The van der Waals surface area contributed by atoms with E-state index in [1.54, 1.807) is 7.11 Å². The van der Waals surface area contributed by atoms with Crippen LogP contribution in [0.15, 0.2) is 273 Å². The maximum atomic E-state index is 5.88. The first-order chi connectivity index (χ1) is 36.1. The second kappa shape index (κ2) is 18.8. The number of anilines is 6. The number of hydrogen-bond donors (Lipinski definition) is 0. The predicted octanol–water partition coefficient (Wildman–Crippen LogP) is 20.0. The smallest absolute Gasteiger partial charge is 0.126 e. The Morgan fingerprint density at radius 3 is 1.11 bits per heavy atom. The Balaban J connectivity index is 0.961. The molecule has 0 atom stereocenters. The van der Waals surface area contributed by atoms with Crippen molar-refractivity contribution in [3.8, 4) is 48.9 Å². The zero-order valence-corrected chi connectivity index (χ0v) is 41.0. The Bertz CT molecular complexity index is 4050. The average Bonchev–Trinajstić information content (AvgIpc) is 3.87. The van der Waals surface area contributed by atoms with Crippen molar-refractivity contribution in [1.29, 1.82) is 0 Å². The molecule has 1 aromatic heterocycles. The highest BCUT2D eigenvalue weighted by Crippen LogP contribution is 2.53. The summed E-state index contributed by atoms with van der Waals surface area (Å²) in [4.78, 5) is 7.21. The lowest BCUT2D eigenvalue weighted by atomic mass is 9.91. The van der Waals surface area contributed by atoms with Gasteiger partial charge in [-0.3, -0.25) is 0 Å². The Labute approximate surface area is 429 Å². The van der Waals surface area contributed by atoms with Crippen LogP contribution in [-0.2, 0) is 0 Å². The molecule has 0 bridgehead atoms. The molecule has 0 saturated heterocycles. The Hall–Kier alpha value is -9.22. The number of benzene rings is 12. The molecule has 0 aliphatic rings. The first-order valence-corrected chi connectivity index (χ1v) is 25.6. The molecular formula is C69H48N2OS. The van der Waals surface area contributed by atoms with E-state index >= 15 is 0 Å². The average molecular weight is 953 g/mol. The van der Waals surface area contributed by atoms with Gasteiger partial charge in [0.25, 0.3) is 0 Å². The van der Waals surface area contributed by atoms with Gasteiger partial charge < -0.3 is 14.5 Å². The van der Waals surface area contributed by atoms with Gasteiger partial charge in [0, 0.05) is 60.1 Å². The van der Waals surface area contributed by atoms with Crippen molar-refractivity contribution < 1.29 is 4.74 Å². The summed E-state index contributed by atoms with van der Waals surface area (Å²) in [5, 5.41) is 9.44. The predicted molar refractivity (Wildman–Crippen MR) is 312 cm³/mol. The molecule has 0 N–H and O–H groups in total. The van der Waals surface area contributed by atoms with E-state index in [1.165, 1.54) is 69.9 Å². The summed E-state index contributed by atoms with van der Waals surface area (Å²) in [5.74, 6) is 0.853. The largest absolute Gasteiger partial charge is 0.496 e. The van der Waals surface area contributed by atoms with E-state index in [2.05, 4.69) is 283 Å². The van der Waals surface area contributed by atoms with Gasteiger partial charge >= 0.3 is 0 Å². The molecule has 0 fully saturated rings. The molecule has 13 rings (SSSR count). The molecule has 12 aromatic carbocycles. The van der Waals surface area contributed by atoms with Crippen LogP contribution in [0.3, 0.4) is 0 Å². The third kappa shape index (κ3) is 8.14. The van der Waals surface area contributed by atoms with Gasteiger partial charge in [0.1, 0.15) is 5.75 Å². The van der Waals surface area contributed by atoms with Crippen molar-refractivity contribution in [2.45, 2.75) is 0 Å². The topological polar surface area (TPSA) is 15.7 Å². The lowest BCUT2D eigenvalue weighted by molar-refractivity contribution is 0.420. The first-order valence-electron chi connectivity index (χ1n) is 24.8. The van der Waals surface area contributed by atoms with Gasteiger partial charge in [-0.25, -0.2) is 0 Å². The number of ether oxygens (including phenoxy) is 1. The van der Waals surface area contributed by atoms with Crippen LogP contribution in [0.25, 0.3) is 86.2 Å². The highest BCUT2D eigenvalue weighted by molar-refractivity contribution is 7.20. The Kier molecular flexibility index (Phi) is 11.3. The molecule has 73 heavy (non-hydrogen) atoms. The summed E-state index contributed by atoms with van der Waals surface area (Å²) in [6.45, 7) is 0. The molecule has 0 saturated carbocycles. The van der Waals surface area contributed by atoms with E-state index in [9.17, 15) is 0 Å². The number of fused-ring (bicyclic) bond motifs is 4. The maximum Gasteiger partial charge on any atom is 0.126 e. The molecule has 0 aliphatic heterocycles. The minimum Gasteiger partial charge on any atom is -0.496 e. The third-order valence-corrected chi connectivity index (χ3v) is 15.4. The lowest BCUT2D eigenvalue weighted by Crippen LogP contribution is -2.10. The summed E-state index contributed by atoms with van der Waals surface area (Å²) in [6.07, 6.45) is 0. The quantitative estimate of drug-likeness (QED) is 0.128. The van der Waals surface area contributed by atoms with E-state index in [1.807, 2.05) is 11.3 Å². The van der Waals surface area contributed by atoms with Crippen LogP contribution in [0, 0.1) is 0 Å². The first kappa shape index (κ1) is 43.8. The van der Waals surface area contributed by atoms with Gasteiger partial charge in [0.2, 0.25) is 0 Å². The lowest BCUT2D eigenvalue weighted by Gasteiger charge is -2.28. The van der Waals surface area contributed by atoms with E-state index in [-0.39, 0.29) is 0 Å². The normalized spacial score (nSPS) is 11.4. The van der Waals surface area contributed by atoms with E-state index in [0.29, 0.717) is 0 Å². The standard InChI is InChI=1S/C69H48N2OS/c1-72-65-43-42-64(62-26-14-15-27-63(62)65)71(61-41-30-49-18-10-13-25-56(49)46-61)58-37-33-53(34-38-58)69-67(51-21-6-3-7-22-51)66(50-19-4-2-5-20-50)68(73-69)52-31-35-57(36-32-52)70(59-39-28-47-16-8-11-23-54(47)44-59)60-40-29-48-17-9-12-24-55(48)45-60/h2-46H,1H3. The van der Waals surface area contributed by atoms with Crippen LogP contribution in [0.1, 0.15) is 0 Å². The zero-order chi connectivity index (χ0) is 48.7. The third-order valence-electron chi connectivity index (χ3n) is 14.1. The fourth-order valence-corrected chi connectivity index (χ4v) is 11.9. The van der Waals surface area contributed by atoms with Crippen molar-refractivity contribution in [2.24, 2.45) is 0 Å². The summed E-state index contributed by atoms with van der Waals surface area (Å²) in [7, 11) is 1.74. The van der Waals surface area contributed by atoms with E-state index < -0.39 is 0 Å². The summed E-state index contributed by atoms with van der Waals surface area (Å²) in [5.41, 5.74) is 13.7. The molecule has 4 heteroatoms. The number of rotatable bonds is 11. The van der Waals surface area contributed by atoms with Crippen LogP contribution in [0.4, 0.5) is 34.1 Å². The van der Waals surface area contributed by atoms with E-state index in [0.717, 1.165) is 56.2 Å². The van der Waals surface area contributed by atoms with Gasteiger partial charge in [-0.1, -0.05) is 200 Å². The van der Waals surface area contributed by atoms with Crippen LogP contribution in [0.2, 0.25) is 0 Å². The molecular weight excluding hydrogens is 905 g/mol.